The highest BCUT2D eigenvalue weighted by atomic mass is 32.2. The van der Waals surface area contributed by atoms with Gasteiger partial charge in [0.25, 0.3) is 0 Å². The first-order valence-corrected chi connectivity index (χ1v) is 6.97. The molecule has 0 saturated heterocycles. The zero-order valence-corrected chi connectivity index (χ0v) is 12.3. The number of halogens is 2. The topological polar surface area (TPSA) is 23.8 Å². The number of benzene rings is 2. The molecule has 0 unspecified atom stereocenters. The lowest BCUT2D eigenvalue weighted by atomic mass is 10.1. The van der Waals surface area contributed by atoms with E-state index in [1.807, 2.05) is 32.0 Å². The van der Waals surface area contributed by atoms with Crippen LogP contribution in [0.15, 0.2) is 35.2 Å². The van der Waals surface area contributed by atoms with E-state index >= 15 is 0 Å². The summed E-state index contributed by atoms with van der Waals surface area (Å²) in [5.74, 6) is 4.11. The van der Waals surface area contributed by atoms with Crippen molar-refractivity contribution in [1.29, 1.82) is 5.26 Å². The number of hydrogen-bond donors (Lipinski definition) is 0. The van der Waals surface area contributed by atoms with Crippen LogP contribution in [0.2, 0.25) is 0 Å². The van der Waals surface area contributed by atoms with Crippen molar-refractivity contribution in [3.63, 3.8) is 0 Å². The zero-order valence-electron chi connectivity index (χ0n) is 11.5. The van der Waals surface area contributed by atoms with Crippen molar-refractivity contribution < 1.29 is 8.78 Å². The first-order chi connectivity index (χ1) is 10.0. The van der Waals surface area contributed by atoms with Gasteiger partial charge in [-0.15, -0.1) is 0 Å². The molecule has 2 aromatic carbocycles. The summed E-state index contributed by atoms with van der Waals surface area (Å²) in [6.07, 6.45) is 0. The van der Waals surface area contributed by atoms with Gasteiger partial charge in [-0.3, -0.25) is 0 Å². The van der Waals surface area contributed by atoms with Crippen LogP contribution in [0.25, 0.3) is 0 Å². The molecular weight excluding hydrogens is 288 g/mol. The summed E-state index contributed by atoms with van der Waals surface area (Å²) in [5.41, 5.74) is 3.21. The van der Waals surface area contributed by atoms with Crippen molar-refractivity contribution in [2.24, 2.45) is 0 Å². The summed E-state index contributed by atoms with van der Waals surface area (Å²) in [4.78, 5) is -0.297. The van der Waals surface area contributed by atoms with Gasteiger partial charge in [0.2, 0.25) is 0 Å². The molecule has 0 atom stereocenters. The van der Waals surface area contributed by atoms with Gasteiger partial charge in [0.05, 0.1) is 4.90 Å². The Bertz CT molecular complexity index is 772. The summed E-state index contributed by atoms with van der Waals surface area (Å²) >= 11 is 0.463. The fourth-order valence-electron chi connectivity index (χ4n) is 1.87. The van der Waals surface area contributed by atoms with Crippen LogP contribution in [0.4, 0.5) is 8.78 Å². The molecule has 0 bridgehead atoms. The molecule has 2 aromatic rings. The number of nitriles is 1. The zero-order chi connectivity index (χ0) is 15.4. The van der Waals surface area contributed by atoms with Crippen LogP contribution in [0.1, 0.15) is 22.3 Å². The first-order valence-electron chi connectivity index (χ1n) is 6.15. The van der Waals surface area contributed by atoms with E-state index in [-0.39, 0.29) is 10.5 Å². The summed E-state index contributed by atoms with van der Waals surface area (Å²) in [7, 11) is 0. The lowest BCUT2D eigenvalue weighted by Gasteiger charge is -2.01. The molecule has 0 N–H and O–H groups in total. The molecule has 0 aromatic heterocycles. The van der Waals surface area contributed by atoms with Crippen LogP contribution in [0, 0.1) is 48.0 Å². The van der Waals surface area contributed by atoms with E-state index in [9.17, 15) is 8.78 Å². The summed E-state index contributed by atoms with van der Waals surface area (Å²) in [6.45, 7) is 3.92. The van der Waals surface area contributed by atoms with Gasteiger partial charge in [-0.2, -0.15) is 5.26 Å². The Kier molecular flexibility index (Phi) is 4.62. The fourth-order valence-corrected chi connectivity index (χ4v) is 2.27. The highest BCUT2D eigenvalue weighted by molar-refractivity contribution is 8.03. The number of thioether (sulfide) groups is 1. The normalized spacial score (nSPS) is 9.67. The largest absolute Gasteiger partial charge is 0.206 e. The maximum absolute atomic E-state index is 13.7. The molecule has 0 heterocycles. The summed E-state index contributed by atoms with van der Waals surface area (Å²) < 4.78 is 27.4. The van der Waals surface area contributed by atoms with Crippen molar-refractivity contribution in [1.82, 2.24) is 0 Å². The molecule has 0 spiro atoms. The van der Waals surface area contributed by atoms with Gasteiger partial charge in [0.1, 0.15) is 17.0 Å². The quantitative estimate of drug-likeness (QED) is 0.438. The smallest absolute Gasteiger partial charge is 0.142 e. The van der Waals surface area contributed by atoms with E-state index in [0.717, 1.165) is 28.8 Å². The molecule has 0 fully saturated rings. The van der Waals surface area contributed by atoms with E-state index in [0.29, 0.717) is 11.8 Å². The Morgan fingerprint density at radius 1 is 1.00 bits per heavy atom. The fraction of sp³-hybridized carbons (Fsp3) is 0.118. The van der Waals surface area contributed by atoms with Crippen molar-refractivity contribution in [3.8, 4) is 17.2 Å². The predicted octanol–water partition coefficient (Wildman–Crippen LogP) is 4.55. The van der Waals surface area contributed by atoms with Gasteiger partial charge < -0.3 is 0 Å². The lowest BCUT2D eigenvalue weighted by Crippen LogP contribution is -1.90. The number of aryl methyl sites for hydroxylation is 2. The molecule has 4 heteroatoms. The first kappa shape index (κ1) is 15.1. The van der Waals surface area contributed by atoms with Crippen LogP contribution in [0.3, 0.4) is 0 Å². The third kappa shape index (κ3) is 3.62. The number of nitrogens with zero attached hydrogens (tertiary/aromatic N) is 1. The third-order valence-corrected chi connectivity index (χ3v) is 3.55. The Hall–Kier alpha value is -2.30. The maximum Gasteiger partial charge on any atom is 0.142 e. The monoisotopic (exact) mass is 299 g/mol. The highest BCUT2D eigenvalue weighted by Crippen LogP contribution is 2.25. The Morgan fingerprint density at radius 2 is 1.67 bits per heavy atom. The minimum absolute atomic E-state index is 0.243. The van der Waals surface area contributed by atoms with Gasteiger partial charge in [0, 0.05) is 11.1 Å². The van der Waals surface area contributed by atoms with E-state index < -0.39 is 11.6 Å². The molecule has 0 amide bonds. The van der Waals surface area contributed by atoms with Crippen LogP contribution >= 0.6 is 11.8 Å². The van der Waals surface area contributed by atoms with Crippen LogP contribution in [-0.4, -0.2) is 0 Å². The second-order valence-corrected chi connectivity index (χ2v) is 5.33. The SMILES string of the molecule is Cc1ccc(C#Cc2cc(F)c(SC#N)c(F)c2)c(C)c1. The van der Waals surface area contributed by atoms with Crippen molar-refractivity contribution >= 4 is 11.8 Å². The molecular formula is C17H11F2NS. The molecule has 1 nitrogen and oxygen atoms in total. The van der Waals surface area contributed by atoms with E-state index in [4.69, 9.17) is 5.26 Å². The molecule has 0 aliphatic heterocycles. The minimum Gasteiger partial charge on any atom is -0.206 e. The second kappa shape index (κ2) is 6.43. The average molecular weight is 299 g/mol. The molecule has 0 radical (unpaired) electrons. The average Bonchev–Trinajstić information content (AvgIpc) is 2.42. The Labute approximate surface area is 126 Å². The van der Waals surface area contributed by atoms with Gasteiger partial charge in [0.15, 0.2) is 0 Å². The summed E-state index contributed by atoms with van der Waals surface area (Å²) in [5, 5.41) is 10.2. The van der Waals surface area contributed by atoms with Gasteiger partial charge in [-0.1, -0.05) is 29.5 Å². The van der Waals surface area contributed by atoms with Crippen molar-refractivity contribution in [2.45, 2.75) is 18.7 Å². The van der Waals surface area contributed by atoms with Crippen molar-refractivity contribution in [3.05, 3.63) is 64.2 Å². The standard InChI is InChI=1S/C17H11F2NS/c1-11-3-5-14(12(2)7-11)6-4-13-8-15(18)17(21-10-20)16(19)9-13/h3,5,7-9H,1-2H3. The number of hydrogen-bond acceptors (Lipinski definition) is 2. The van der Waals surface area contributed by atoms with Crippen molar-refractivity contribution in [2.75, 3.05) is 0 Å². The Morgan fingerprint density at radius 3 is 2.24 bits per heavy atom. The molecule has 0 saturated carbocycles. The number of rotatable bonds is 1. The maximum atomic E-state index is 13.7. The van der Waals surface area contributed by atoms with Gasteiger partial charge in [-0.25, -0.2) is 8.78 Å². The van der Waals surface area contributed by atoms with Crippen LogP contribution in [0.5, 0.6) is 0 Å². The van der Waals surface area contributed by atoms with Gasteiger partial charge >= 0.3 is 0 Å². The molecule has 104 valence electrons. The van der Waals surface area contributed by atoms with Gasteiger partial charge in [-0.05, 0) is 49.4 Å². The van der Waals surface area contributed by atoms with E-state index in [1.165, 1.54) is 0 Å². The number of thiocyanates is 1. The highest BCUT2D eigenvalue weighted by Gasteiger charge is 2.11. The lowest BCUT2D eigenvalue weighted by molar-refractivity contribution is 0.540. The van der Waals surface area contributed by atoms with Crippen LogP contribution < -0.4 is 0 Å². The molecule has 2 rings (SSSR count). The van der Waals surface area contributed by atoms with E-state index in [1.54, 1.807) is 5.40 Å². The third-order valence-electron chi connectivity index (χ3n) is 2.87. The van der Waals surface area contributed by atoms with E-state index in [2.05, 4.69) is 11.8 Å². The predicted molar refractivity (Wildman–Crippen MR) is 79.7 cm³/mol. The molecule has 0 aliphatic rings. The van der Waals surface area contributed by atoms with Crippen LogP contribution in [-0.2, 0) is 0 Å². The summed E-state index contributed by atoms with van der Waals surface area (Å²) in [6, 6.07) is 8.09. The second-order valence-electron chi connectivity index (χ2n) is 4.53. The minimum atomic E-state index is -0.772. The molecule has 21 heavy (non-hydrogen) atoms. The molecule has 0 aliphatic carbocycles. The Balaban J connectivity index is 2.37.